The van der Waals surface area contributed by atoms with Crippen molar-refractivity contribution in [3.63, 3.8) is 0 Å². The molecule has 0 radical (unpaired) electrons. The van der Waals surface area contributed by atoms with Crippen LogP contribution in [0.25, 0.3) is 0 Å². The summed E-state index contributed by atoms with van der Waals surface area (Å²) in [4.78, 5) is 12.4. The lowest BCUT2D eigenvalue weighted by Gasteiger charge is -2.35. The number of nitrogens with one attached hydrogen (secondary N) is 1. The molecule has 0 amide bonds. The van der Waals surface area contributed by atoms with Crippen LogP contribution in [0.1, 0.15) is 29.7 Å². The Kier molecular flexibility index (Phi) is 6.66. The molecule has 0 spiro atoms. The van der Waals surface area contributed by atoms with Crippen molar-refractivity contribution in [3.05, 3.63) is 64.2 Å². The first-order valence-corrected chi connectivity index (χ1v) is 9.27. The largest absolute Gasteiger partial charge is 0.494 e. The van der Waals surface area contributed by atoms with Crippen LogP contribution < -0.4 is 10.2 Å². The zero-order valence-electron chi connectivity index (χ0n) is 15.2. The Morgan fingerprint density at radius 1 is 1.18 bits per heavy atom. The van der Waals surface area contributed by atoms with Crippen molar-refractivity contribution in [3.8, 4) is 5.75 Å². The molecule has 150 valence electrons. The number of ether oxygens (including phenoxy) is 2. The van der Waals surface area contributed by atoms with Crippen molar-refractivity contribution in [2.45, 2.75) is 37.9 Å². The van der Waals surface area contributed by atoms with Gasteiger partial charge in [-0.3, -0.25) is 4.79 Å². The first kappa shape index (κ1) is 20.7. The number of halogens is 1. The number of carbonyl (C=O) groups is 1. The summed E-state index contributed by atoms with van der Waals surface area (Å²) >= 11 is 6.32. The maximum Gasteiger partial charge on any atom is 0.197 e. The van der Waals surface area contributed by atoms with E-state index >= 15 is 0 Å². The van der Waals surface area contributed by atoms with Crippen molar-refractivity contribution in [1.82, 2.24) is 5.48 Å². The molecular formula is C20H22ClNO6. The summed E-state index contributed by atoms with van der Waals surface area (Å²) in [7, 11) is 0. The summed E-state index contributed by atoms with van der Waals surface area (Å²) in [5.74, 6) is 0.0933. The lowest BCUT2D eigenvalue weighted by atomic mass is 9.93. The van der Waals surface area contributed by atoms with Gasteiger partial charge in [0.25, 0.3) is 0 Å². The van der Waals surface area contributed by atoms with Gasteiger partial charge in [-0.1, -0.05) is 35.9 Å². The Morgan fingerprint density at radius 2 is 1.89 bits per heavy atom. The Hall–Kier alpha value is -2.00. The van der Waals surface area contributed by atoms with Crippen LogP contribution in [0.15, 0.2) is 42.5 Å². The molecule has 4 N–H and O–H groups in total. The molecular weight excluding hydrogens is 386 g/mol. The van der Waals surface area contributed by atoms with Gasteiger partial charge in [0.2, 0.25) is 0 Å². The minimum absolute atomic E-state index is 0.474. The van der Waals surface area contributed by atoms with E-state index < -0.39 is 30.3 Å². The lowest BCUT2D eigenvalue weighted by Crippen LogP contribution is -2.56. The SMILES string of the molecule is CCOc1ccc(Cc2cc([C@@H]3OC(NO)[C@@H](O)[C@H](O)C3=O)ccc2Cl)cc1. The predicted octanol–water partition coefficient (Wildman–Crippen LogP) is 2.00. The third-order valence-electron chi connectivity index (χ3n) is 4.59. The van der Waals surface area contributed by atoms with Gasteiger partial charge in [0.05, 0.1) is 6.61 Å². The van der Waals surface area contributed by atoms with Crippen molar-refractivity contribution in [1.29, 1.82) is 0 Å². The van der Waals surface area contributed by atoms with Crippen LogP contribution in [0.2, 0.25) is 5.02 Å². The van der Waals surface area contributed by atoms with Gasteiger partial charge in [0.15, 0.2) is 12.0 Å². The van der Waals surface area contributed by atoms with Crippen LogP contribution in [0, 0.1) is 0 Å². The van der Waals surface area contributed by atoms with Crippen LogP contribution in [-0.2, 0) is 16.0 Å². The monoisotopic (exact) mass is 407 g/mol. The fourth-order valence-corrected chi connectivity index (χ4v) is 3.30. The second-order valence-corrected chi connectivity index (χ2v) is 6.92. The number of aliphatic hydroxyl groups is 2. The topological polar surface area (TPSA) is 108 Å². The average molecular weight is 408 g/mol. The first-order chi connectivity index (χ1) is 13.4. The highest BCUT2D eigenvalue weighted by Gasteiger charge is 2.44. The molecule has 1 heterocycles. The minimum atomic E-state index is -1.67. The molecule has 2 aromatic rings. The summed E-state index contributed by atoms with van der Waals surface area (Å²) in [5.41, 5.74) is 4.01. The Labute approximate surface area is 167 Å². The predicted molar refractivity (Wildman–Crippen MR) is 101 cm³/mol. The van der Waals surface area contributed by atoms with Crippen LogP contribution in [0.3, 0.4) is 0 Å². The summed E-state index contributed by atoms with van der Waals surface area (Å²) in [6.07, 6.45) is -5.15. The number of hydrogen-bond acceptors (Lipinski definition) is 7. The standard InChI is InChI=1S/C20H22ClNO6/c1-2-27-14-6-3-11(4-7-14)9-13-10-12(5-8-15(13)21)19-17(24)16(23)18(25)20(22-26)28-19/h3-8,10,16,18-20,22-23,25-26H,2,9H2,1H3/t16-,18+,19+,20?/m1/s1. The molecule has 1 aliphatic heterocycles. The maximum atomic E-state index is 12.4. The summed E-state index contributed by atoms with van der Waals surface area (Å²) in [6, 6.07) is 12.6. The van der Waals surface area contributed by atoms with Crippen molar-refractivity contribution in [2.75, 3.05) is 6.61 Å². The average Bonchev–Trinajstić information content (AvgIpc) is 2.70. The normalized spacial score (nSPS) is 25.0. The zero-order valence-corrected chi connectivity index (χ0v) is 16.0. The molecule has 28 heavy (non-hydrogen) atoms. The van der Waals surface area contributed by atoms with Crippen LogP contribution in [-0.4, -0.2) is 46.2 Å². The van der Waals surface area contributed by atoms with E-state index in [1.165, 1.54) is 0 Å². The number of carbonyl (C=O) groups excluding carboxylic acids is 1. The van der Waals surface area contributed by atoms with E-state index in [9.17, 15) is 15.0 Å². The molecule has 2 aromatic carbocycles. The summed E-state index contributed by atoms with van der Waals surface area (Å²) < 4.78 is 10.9. The van der Waals surface area contributed by atoms with Gasteiger partial charge in [-0.25, -0.2) is 0 Å². The molecule has 1 unspecified atom stereocenters. The lowest BCUT2D eigenvalue weighted by molar-refractivity contribution is -0.206. The van der Waals surface area contributed by atoms with Crippen molar-refractivity contribution < 1.29 is 29.7 Å². The van der Waals surface area contributed by atoms with Gasteiger partial charge in [-0.2, -0.15) is 5.48 Å². The Bertz CT molecular complexity index is 828. The highest BCUT2D eigenvalue weighted by atomic mass is 35.5. The number of aliphatic hydroxyl groups excluding tert-OH is 2. The van der Waals surface area contributed by atoms with Gasteiger partial charge < -0.3 is 24.9 Å². The molecule has 0 saturated carbocycles. The van der Waals surface area contributed by atoms with E-state index in [4.69, 9.17) is 26.3 Å². The molecule has 7 nitrogen and oxygen atoms in total. The molecule has 1 aliphatic rings. The van der Waals surface area contributed by atoms with Crippen LogP contribution in [0.4, 0.5) is 0 Å². The fraction of sp³-hybridized carbons (Fsp3) is 0.350. The second-order valence-electron chi connectivity index (χ2n) is 6.51. The van der Waals surface area contributed by atoms with Crippen molar-refractivity contribution >= 4 is 17.4 Å². The molecule has 8 heteroatoms. The molecule has 4 atom stereocenters. The summed E-state index contributed by atoms with van der Waals surface area (Å²) in [6.45, 7) is 2.51. The number of rotatable bonds is 6. The van der Waals surface area contributed by atoms with E-state index in [0.29, 0.717) is 23.6 Å². The molecule has 3 rings (SSSR count). The minimum Gasteiger partial charge on any atom is -0.494 e. The molecule has 1 saturated heterocycles. The van der Waals surface area contributed by atoms with Crippen LogP contribution in [0.5, 0.6) is 5.75 Å². The number of ketones is 1. The summed E-state index contributed by atoms with van der Waals surface area (Å²) in [5, 5.41) is 29.3. The smallest absolute Gasteiger partial charge is 0.197 e. The number of hydroxylamine groups is 1. The highest BCUT2D eigenvalue weighted by molar-refractivity contribution is 6.31. The fourth-order valence-electron chi connectivity index (χ4n) is 3.12. The quantitative estimate of drug-likeness (QED) is 0.542. The third-order valence-corrected chi connectivity index (χ3v) is 4.96. The van der Waals surface area contributed by atoms with Gasteiger partial charge >= 0.3 is 0 Å². The second kappa shape index (κ2) is 9.00. The number of benzene rings is 2. The Morgan fingerprint density at radius 3 is 2.54 bits per heavy atom. The van der Waals surface area contributed by atoms with E-state index in [1.807, 2.05) is 31.2 Å². The molecule has 0 bridgehead atoms. The van der Waals surface area contributed by atoms with Gasteiger partial charge in [-0.15, -0.1) is 0 Å². The van der Waals surface area contributed by atoms with E-state index in [2.05, 4.69) is 0 Å². The maximum absolute atomic E-state index is 12.4. The van der Waals surface area contributed by atoms with Gasteiger partial charge in [-0.05, 0) is 48.2 Å². The third kappa shape index (κ3) is 4.35. The number of hydrogen-bond donors (Lipinski definition) is 4. The molecule has 0 aromatic heterocycles. The van der Waals surface area contributed by atoms with Crippen molar-refractivity contribution in [2.24, 2.45) is 0 Å². The van der Waals surface area contributed by atoms with Gasteiger partial charge in [0.1, 0.15) is 24.1 Å². The Balaban J connectivity index is 1.83. The number of Topliss-reactive ketones (excluding diaryl/α,β-unsaturated/α-hetero) is 1. The zero-order chi connectivity index (χ0) is 20.3. The van der Waals surface area contributed by atoms with E-state index in [1.54, 1.807) is 23.7 Å². The first-order valence-electron chi connectivity index (χ1n) is 8.89. The molecule has 1 fully saturated rings. The van der Waals surface area contributed by atoms with E-state index in [-0.39, 0.29) is 0 Å². The highest BCUT2D eigenvalue weighted by Crippen LogP contribution is 2.31. The van der Waals surface area contributed by atoms with E-state index in [0.717, 1.165) is 16.9 Å². The van der Waals surface area contributed by atoms with Crippen LogP contribution >= 0.6 is 11.6 Å². The molecule has 0 aliphatic carbocycles. The van der Waals surface area contributed by atoms with Gasteiger partial charge in [0, 0.05) is 5.02 Å².